The van der Waals surface area contributed by atoms with Crippen molar-refractivity contribution < 1.29 is 13.9 Å². The van der Waals surface area contributed by atoms with Crippen LogP contribution in [0.15, 0.2) is 18.2 Å². The zero-order valence-electron chi connectivity index (χ0n) is 11.7. The van der Waals surface area contributed by atoms with E-state index >= 15 is 0 Å². The predicted molar refractivity (Wildman–Crippen MR) is 75.0 cm³/mol. The number of amides is 1. The van der Waals surface area contributed by atoms with Gasteiger partial charge in [0.2, 0.25) is 0 Å². The molecule has 0 heterocycles. The smallest absolute Gasteiger partial charge is 0.257 e. The molecule has 20 heavy (non-hydrogen) atoms. The highest BCUT2D eigenvalue weighted by molar-refractivity contribution is 5.77. The summed E-state index contributed by atoms with van der Waals surface area (Å²) in [5.41, 5.74) is 0.724. The zero-order valence-corrected chi connectivity index (χ0v) is 11.7. The van der Waals surface area contributed by atoms with E-state index in [-0.39, 0.29) is 18.3 Å². The Morgan fingerprint density at radius 2 is 2.25 bits per heavy atom. The quantitative estimate of drug-likeness (QED) is 0.764. The molecule has 110 valence electrons. The fourth-order valence-corrected chi connectivity index (χ4v) is 1.86. The van der Waals surface area contributed by atoms with Crippen LogP contribution in [-0.4, -0.2) is 25.6 Å². The van der Waals surface area contributed by atoms with Crippen molar-refractivity contribution >= 4 is 5.91 Å². The Morgan fingerprint density at radius 1 is 1.45 bits per heavy atom. The van der Waals surface area contributed by atoms with E-state index in [1.54, 1.807) is 6.07 Å². The molecule has 1 aliphatic carbocycles. The lowest BCUT2D eigenvalue weighted by molar-refractivity contribution is -0.123. The van der Waals surface area contributed by atoms with Crippen molar-refractivity contribution in [1.29, 1.82) is 0 Å². The second-order valence-corrected chi connectivity index (χ2v) is 5.07. The lowest BCUT2D eigenvalue weighted by Gasteiger charge is -2.12. The first-order valence-corrected chi connectivity index (χ1v) is 7.07. The minimum atomic E-state index is -0.302. The summed E-state index contributed by atoms with van der Waals surface area (Å²) in [5.74, 6) is 0.766. The van der Waals surface area contributed by atoms with Crippen LogP contribution in [0.5, 0.6) is 5.75 Å². The first kappa shape index (κ1) is 14.8. The Morgan fingerprint density at radius 3 is 2.95 bits per heavy atom. The van der Waals surface area contributed by atoms with Gasteiger partial charge < -0.3 is 15.4 Å². The number of hydrogen-bond acceptors (Lipinski definition) is 3. The van der Waals surface area contributed by atoms with Crippen LogP contribution in [-0.2, 0) is 11.3 Å². The van der Waals surface area contributed by atoms with Crippen LogP contribution < -0.4 is 15.4 Å². The molecule has 0 bridgehead atoms. The molecule has 0 saturated heterocycles. The molecule has 5 heteroatoms. The van der Waals surface area contributed by atoms with E-state index in [0.717, 1.165) is 18.7 Å². The highest BCUT2D eigenvalue weighted by atomic mass is 19.1. The average molecular weight is 280 g/mol. The number of nitrogens with one attached hydrogen (secondary N) is 2. The molecule has 1 aromatic carbocycles. The van der Waals surface area contributed by atoms with Crippen molar-refractivity contribution in [2.24, 2.45) is 5.92 Å². The van der Waals surface area contributed by atoms with E-state index in [1.165, 1.54) is 25.0 Å². The van der Waals surface area contributed by atoms with Crippen molar-refractivity contribution in [3.05, 3.63) is 29.6 Å². The van der Waals surface area contributed by atoms with Crippen molar-refractivity contribution in [3.63, 3.8) is 0 Å². The molecule has 0 unspecified atom stereocenters. The fraction of sp³-hybridized carbons (Fsp3) is 0.533. The van der Waals surface area contributed by atoms with Gasteiger partial charge in [0, 0.05) is 18.7 Å². The van der Waals surface area contributed by atoms with Crippen LogP contribution in [0.4, 0.5) is 4.39 Å². The van der Waals surface area contributed by atoms with Crippen LogP contribution in [0, 0.1) is 11.7 Å². The molecular formula is C15H21FN2O2. The number of ether oxygens (including phenoxy) is 1. The van der Waals surface area contributed by atoms with Gasteiger partial charge in [0.25, 0.3) is 5.91 Å². The summed E-state index contributed by atoms with van der Waals surface area (Å²) < 4.78 is 18.7. The van der Waals surface area contributed by atoms with E-state index in [2.05, 4.69) is 10.6 Å². The summed E-state index contributed by atoms with van der Waals surface area (Å²) in [6.07, 6.45) is 2.40. The monoisotopic (exact) mass is 280 g/mol. The molecular weight excluding hydrogens is 259 g/mol. The standard InChI is InChI=1S/C15H21FN2O2/c1-2-17-9-12-7-13(16)5-6-14(12)20-10-15(19)18-8-11-3-4-11/h5-7,11,17H,2-4,8-10H2,1H3,(H,18,19). The lowest BCUT2D eigenvalue weighted by Crippen LogP contribution is -2.30. The fourth-order valence-electron chi connectivity index (χ4n) is 1.86. The molecule has 1 fully saturated rings. The van der Waals surface area contributed by atoms with E-state index in [1.807, 2.05) is 6.92 Å². The number of benzene rings is 1. The maximum atomic E-state index is 13.2. The average Bonchev–Trinajstić information content (AvgIpc) is 3.26. The molecule has 2 rings (SSSR count). The van der Waals surface area contributed by atoms with E-state index in [9.17, 15) is 9.18 Å². The summed E-state index contributed by atoms with van der Waals surface area (Å²) in [7, 11) is 0. The Labute approximate surface area is 118 Å². The first-order chi connectivity index (χ1) is 9.69. The summed E-state index contributed by atoms with van der Waals surface area (Å²) in [4.78, 5) is 11.6. The van der Waals surface area contributed by atoms with Gasteiger partial charge >= 0.3 is 0 Å². The van der Waals surface area contributed by atoms with Gasteiger partial charge in [-0.15, -0.1) is 0 Å². The second-order valence-electron chi connectivity index (χ2n) is 5.07. The molecule has 4 nitrogen and oxygen atoms in total. The van der Waals surface area contributed by atoms with Crippen LogP contribution in [0.25, 0.3) is 0 Å². The maximum absolute atomic E-state index is 13.2. The Hall–Kier alpha value is -1.62. The Kier molecular flexibility index (Phi) is 5.35. The molecule has 0 spiro atoms. The van der Waals surface area contributed by atoms with Gasteiger partial charge in [0.05, 0.1) is 0 Å². The van der Waals surface area contributed by atoms with Crippen LogP contribution >= 0.6 is 0 Å². The minimum absolute atomic E-state index is 0.0303. The highest BCUT2D eigenvalue weighted by Gasteiger charge is 2.21. The number of hydrogen-bond donors (Lipinski definition) is 2. The summed E-state index contributed by atoms with van der Waals surface area (Å²) in [5, 5.41) is 5.96. The van der Waals surface area contributed by atoms with Gasteiger partial charge in [-0.2, -0.15) is 0 Å². The summed E-state index contributed by atoms with van der Waals surface area (Å²) >= 11 is 0. The number of carbonyl (C=O) groups excluding carboxylic acids is 1. The third-order valence-electron chi connectivity index (χ3n) is 3.23. The molecule has 2 N–H and O–H groups in total. The maximum Gasteiger partial charge on any atom is 0.257 e. The highest BCUT2D eigenvalue weighted by Crippen LogP contribution is 2.27. The molecule has 1 aromatic rings. The van der Waals surface area contributed by atoms with Gasteiger partial charge in [-0.3, -0.25) is 4.79 Å². The lowest BCUT2D eigenvalue weighted by atomic mass is 10.2. The molecule has 0 aromatic heterocycles. The van der Waals surface area contributed by atoms with Crippen LogP contribution in [0.2, 0.25) is 0 Å². The predicted octanol–water partition coefficient (Wildman–Crippen LogP) is 1.84. The first-order valence-electron chi connectivity index (χ1n) is 7.07. The van der Waals surface area contributed by atoms with E-state index in [4.69, 9.17) is 4.74 Å². The summed E-state index contributed by atoms with van der Waals surface area (Å²) in [6.45, 7) is 3.99. The molecule has 0 radical (unpaired) electrons. The largest absolute Gasteiger partial charge is 0.483 e. The SMILES string of the molecule is CCNCc1cc(F)ccc1OCC(=O)NCC1CC1. The van der Waals surface area contributed by atoms with Crippen molar-refractivity contribution in [2.45, 2.75) is 26.3 Å². The minimum Gasteiger partial charge on any atom is -0.483 e. The Balaban J connectivity index is 1.84. The van der Waals surface area contributed by atoms with Gasteiger partial charge in [0.15, 0.2) is 6.61 Å². The zero-order chi connectivity index (χ0) is 14.4. The topological polar surface area (TPSA) is 50.4 Å². The van der Waals surface area contributed by atoms with Gasteiger partial charge in [0.1, 0.15) is 11.6 Å². The van der Waals surface area contributed by atoms with Crippen molar-refractivity contribution in [1.82, 2.24) is 10.6 Å². The molecule has 1 aliphatic rings. The van der Waals surface area contributed by atoms with Crippen molar-refractivity contribution in [3.8, 4) is 5.75 Å². The number of carbonyl (C=O) groups is 1. The van der Waals surface area contributed by atoms with E-state index in [0.29, 0.717) is 18.2 Å². The van der Waals surface area contributed by atoms with Crippen LogP contribution in [0.3, 0.4) is 0 Å². The second kappa shape index (κ2) is 7.24. The summed E-state index contributed by atoms with van der Waals surface area (Å²) in [6, 6.07) is 4.34. The van der Waals surface area contributed by atoms with Crippen molar-refractivity contribution in [2.75, 3.05) is 19.7 Å². The molecule has 1 amide bonds. The van der Waals surface area contributed by atoms with Gasteiger partial charge in [-0.1, -0.05) is 6.92 Å². The number of rotatable bonds is 8. The Bertz CT molecular complexity index is 461. The normalized spacial score (nSPS) is 14.1. The van der Waals surface area contributed by atoms with Gasteiger partial charge in [-0.05, 0) is 43.5 Å². The molecule has 0 atom stereocenters. The number of halogens is 1. The van der Waals surface area contributed by atoms with Crippen LogP contribution in [0.1, 0.15) is 25.3 Å². The molecule has 1 saturated carbocycles. The molecule has 0 aliphatic heterocycles. The van der Waals surface area contributed by atoms with E-state index < -0.39 is 0 Å². The third kappa shape index (κ3) is 4.81. The third-order valence-corrected chi connectivity index (χ3v) is 3.23. The van der Waals surface area contributed by atoms with Gasteiger partial charge in [-0.25, -0.2) is 4.39 Å².